The number of benzene rings is 3. The number of hydrogen-bond donors (Lipinski definition) is 2. The summed E-state index contributed by atoms with van der Waals surface area (Å²) in [7, 11) is 3.41. The molecule has 218 valence electrons. The largest absolute Gasteiger partial charge is 0.464 e. The highest BCUT2D eigenvalue weighted by atomic mass is 35.5. The van der Waals surface area contributed by atoms with Crippen LogP contribution in [0.5, 0.6) is 0 Å². The van der Waals surface area contributed by atoms with E-state index in [1.807, 2.05) is 36.4 Å². The maximum Gasteiger partial charge on any atom is 0.328 e. The van der Waals surface area contributed by atoms with Gasteiger partial charge in [-0.25, -0.2) is 9.69 Å². The van der Waals surface area contributed by atoms with E-state index < -0.39 is 17.9 Å². The van der Waals surface area contributed by atoms with Crippen molar-refractivity contribution >= 4 is 35.1 Å². The molecular weight excluding hydrogens is 565 g/mol. The normalized spacial score (nSPS) is 18.1. The van der Waals surface area contributed by atoms with Crippen molar-refractivity contribution in [2.24, 2.45) is 0 Å². The first-order valence-electron chi connectivity index (χ1n) is 13.5. The fourth-order valence-corrected chi connectivity index (χ4v) is 5.53. The van der Waals surface area contributed by atoms with Gasteiger partial charge in [-0.3, -0.25) is 4.79 Å². The quantitative estimate of drug-likeness (QED) is 0.303. The molecule has 41 heavy (non-hydrogen) atoms. The van der Waals surface area contributed by atoms with Crippen molar-refractivity contribution in [3.05, 3.63) is 93.5 Å². The van der Waals surface area contributed by atoms with E-state index in [1.165, 1.54) is 0 Å². The van der Waals surface area contributed by atoms with Crippen LogP contribution in [0.3, 0.4) is 0 Å². The Kier molecular flexibility index (Phi) is 11.2. The van der Waals surface area contributed by atoms with Gasteiger partial charge in [-0.05, 0) is 41.3 Å². The number of methoxy groups -OCH3 is 2. The highest BCUT2D eigenvalue weighted by Crippen LogP contribution is 2.28. The first-order chi connectivity index (χ1) is 19.9. The Hall–Kier alpha value is -2.98. The Bertz CT molecular complexity index is 1310. The summed E-state index contributed by atoms with van der Waals surface area (Å²) >= 11 is 12.4. The second-order valence-corrected chi connectivity index (χ2v) is 10.5. The van der Waals surface area contributed by atoms with Crippen LogP contribution in [0, 0.1) is 0 Å². The molecule has 1 fully saturated rings. The number of halogens is 2. The predicted octanol–water partition coefficient (Wildman–Crippen LogP) is 4.91. The van der Waals surface area contributed by atoms with Gasteiger partial charge in [0.05, 0.1) is 22.2 Å². The summed E-state index contributed by atoms with van der Waals surface area (Å²) in [6.45, 7) is 3.99. The Labute approximate surface area is 250 Å². The second kappa shape index (κ2) is 14.8. The summed E-state index contributed by atoms with van der Waals surface area (Å²) in [5.41, 5.74) is 4.23. The van der Waals surface area contributed by atoms with Crippen molar-refractivity contribution in [2.75, 3.05) is 33.9 Å². The van der Waals surface area contributed by atoms with Crippen molar-refractivity contribution in [1.82, 2.24) is 15.5 Å². The molecule has 0 spiro atoms. The summed E-state index contributed by atoms with van der Waals surface area (Å²) in [6, 6.07) is 20.1. The molecule has 1 aliphatic heterocycles. The van der Waals surface area contributed by atoms with Crippen molar-refractivity contribution in [3.8, 4) is 11.1 Å². The third-order valence-corrected chi connectivity index (χ3v) is 7.69. The fourth-order valence-electron chi connectivity index (χ4n) is 4.97. The molecule has 3 aromatic rings. The molecule has 3 atom stereocenters. The van der Waals surface area contributed by atoms with E-state index in [2.05, 4.69) is 27.7 Å². The van der Waals surface area contributed by atoms with Gasteiger partial charge in [-0.15, -0.1) is 0 Å². The Morgan fingerprint density at radius 1 is 0.951 bits per heavy atom. The minimum absolute atomic E-state index is 0.111. The smallest absolute Gasteiger partial charge is 0.328 e. The van der Waals surface area contributed by atoms with Gasteiger partial charge in [-0.2, -0.15) is 0 Å². The van der Waals surface area contributed by atoms with E-state index in [9.17, 15) is 9.59 Å². The number of carbonyl (C=O) groups is 2. The third kappa shape index (κ3) is 7.65. The summed E-state index contributed by atoms with van der Waals surface area (Å²) in [5, 5.41) is 6.51. The number of rotatable bonds is 11. The molecule has 0 saturated carbocycles. The van der Waals surface area contributed by atoms with Gasteiger partial charge in [0.1, 0.15) is 18.5 Å². The van der Waals surface area contributed by atoms with Gasteiger partial charge in [-0.1, -0.05) is 77.8 Å². The zero-order chi connectivity index (χ0) is 29.4. The average molecular weight is 601 g/mol. The van der Waals surface area contributed by atoms with Gasteiger partial charge in [0.25, 0.3) is 5.91 Å². The maximum absolute atomic E-state index is 13.0. The molecule has 3 aromatic carbocycles. The molecule has 0 radical (unpaired) electrons. The lowest BCUT2D eigenvalue weighted by molar-refractivity contribution is -0.152. The molecule has 2 N–H and O–H groups in total. The van der Waals surface area contributed by atoms with Crippen LogP contribution >= 0.6 is 23.2 Å². The molecule has 8 nitrogen and oxygen atoms in total. The highest BCUT2D eigenvalue weighted by Gasteiger charge is 2.31. The lowest BCUT2D eigenvalue weighted by Crippen LogP contribution is -2.58. The highest BCUT2D eigenvalue weighted by molar-refractivity contribution is 6.39. The zero-order valence-corrected chi connectivity index (χ0v) is 24.9. The number of nitrogens with one attached hydrogen (secondary N) is 2. The lowest BCUT2D eigenvalue weighted by atomic mass is 9.96. The Morgan fingerprint density at radius 3 is 2.20 bits per heavy atom. The molecular formula is C31H35Cl2N3O5. The third-order valence-electron chi connectivity index (χ3n) is 7.06. The van der Waals surface area contributed by atoms with Crippen LogP contribution in [-0.4, -0.2) is 69.2 Å². The summed E-state index contributed by atoms with van der Waals surface area (Å²) in [5.74, 6) is -1.07. The summed E-state index contributed by atoms with van der Waals surface area (Å²) < 4.78 is 16.7. The summed E-state index contributed by atoms with van der Waals surface area (Å²) in [6.07, 6.45) is 0.0139. The van der Waals surface area contributed by atoms with E-state index in [4.69, 9.17) is 37.4 Å². The molecule has 1 heterocycles. The monoisotopic (exact) mass is 599 g/mol. The van der Waals surface area contributed by atoms with Gasteiger partial charge < -0.3 is 24.8 Å². The van der Waals surface area contributed by atoms with Crippen LogP contribution < -0.4 is 10.6 Å². The van der Waals surface area contributed by atoms with E-state index in [0.717, 1.165) is 22.3 Å². The van der Waals surface area contributed by atoms with Crippen molar-refractivity contribution in [2.45, 2.75) is 38.4 Å². The molecule has 4 rings (SSSR count). The average Bonchev–Trinajstić information content (AvgIpc) is 2.97. The number of amides is 1. The van der Waals surface area contributed by atoms with Gasteiger partial charge in [0, 0.05) is 40.3 Å². The molecule has 1 saturated heterocycles. The van der Waals surface area contributed by atoms with Crippen LogP contribution in [-0.2, 0) is 32.0 Å². The zero-order valence-electron chi connectivity index (χ0n) is 23.4. The van der Waals surface area contributed by atoms with Crippen molar-refractivity contribution in [1.29, 1.82) is 0 Å². The molecule has 0 aliphatic carbocycles. The van der Waals surface area contributed by atoms with Gasteiger partial charge in [0.15, 0.2) is 0 Å². The SMILES string of the molecule is CCOC(=O)[C@H](Cc1ccc(-c2ccccc2CN2C(OC)CNCC2OC)cc1)NC(=O)c1c(Cl)cccc1Cl. The van der Waals surface area contributed by atoms with E-state index >= 15 is 0 Å². The van der Waals surface area contributed by atoms with Crippen LogP contribution in [0.4, 0.5) is 0 Å². The summed E-state index contributed by atoms with van der Waals surface area (Å²) in [4.78, 5) is 28.0. The number of ether oxygens (including phenoxy) is 3. The van der Waals surface area contributed by atoms with Gasteiger partial charge in [0.2, 0.25) is 0 Å². The number of carbonyl (C=O) groups excluding carboxylic acids is 2. The predicted molar refractivity (Wildman–Crippen MR) is 160 cm³/mol. The molecule has 0 bridgehead atoms. The molecule has 1 aliphatic rings. The number of nitrogens with zero attached hydrogens (tertiary/aromatic N) is 1. The second-order valence-electron chi connectivity index (χ2n) is 9.64. The van der Waals surface area contributed by atoms with Crippen LogP contribution in [0.1, 0.15) is 28.4 Å². The van der Waals surface area contributed by atoms with Crippen molar-refractivity contribution < 1.29 is 23.8 Å². The Morgan fingerprint density at radius 2 is 1.59 bits per heavy atom. The van der Waals surface area contributed by atoms with Crippen LogP contribution in [0.25, 0.3) is 11.1 Å². The number of esters is 1. The first-order valence-corrected chi connectivity index (χ1v) is 14.2. The number of hydrogen-bond acceptors (Lipinski definition) is 7. The fraction of sp³-hybridized carbons (Fsp3) is 0.355. The van der Waals surface area contributed by atoms with Crippen LogP contribution in [0.15, 0.2) is 66.7 Å². The van der Waals surface area contributed by atoms with E-state index in [1.54, 1.807) is 39.3 Å². The standard InChI is InChI=1S/C31H35Cl2N3O5/c1-4-41-31(38)26(35-30(37)29-24(32)10-7-11-25(29)33)16-20-12-14-21(15-13-20)23-9-6-5-8-22(23)19-36-27(39-2)17-34-18-28(36)40-3/h5-15,26-28,34H,4,16-19H2,1-3H3,(H,35,37)/t26-,27?,28?/m0/s1. The minimum atomic E-state index is -0.919. The number of piperazine rings is 1. The van der Waals surface area contributed by atoms with E-state index in [-0.39, 0.29) is 41.1 Å². The first kappa shape index (κ1) is 31.0. The van der Waals surface area contributed by atoms with E-state index in [0.29, 0.717) is 19.6 Å². The van der Waals surface area contributed by atoms with Crippen molar-refractivity contribution in [3.63, 3.8) is 0 Å². The molecule has 1 amide bonds. The topological polar surface area (TPSA) is 89.1 Å². The maximum atomic E-state index is 13.0. The Balaban J connectivity index is 1.53. The minimum Gasteiger partial charge on any atom is -0.464 e. The van der Waals surface area contributed by atoms with Gasteiger partial charge >= 0.3 is 5.97 Å². The molecule has 2 unspecified atom stereocenters. The van der Waals surface area contributed by atoms with Crippen LogP contribution in [0.2, 0.25) is 10.0 Å². The molecule has 0 aromatic heterocycles. The molecule has 10 heteroatoms. The lowest BCUT2D eigenvalue weighted by Gasteiger charge is -2.40.